The van der Waals surface area contributed by atoms with Crippen LogP contribution in [0, 0.1) is 10.1 Å². The number of imidazole rings is 1. The van der Waals surface area contributed by atoms with Gasteiger partial charge in [0.05, 0.1) is 21.6 Å². The van der Waals surface area contributed by atoms with Gasteiger partial charge in [-0.3, -0.25) is 10.1 Å². The summed E-state index contributed by atoms with van der Waals surface area (Å²) in [6, 6.07) is 4.41. The van der Waals surface area contributed by atoms with E-state index >= 15 is 0 Å². The quantitative estimate of drug-likeness (QED) is 0.529. The molecule has 2 rings (SSSR count). The van der Waals surface area contributed by atoms with Gasteiger partial charge in [0.1, 0.15) is 0 Å². The average molecular weight is 294 g/mol. The van der Waals surface area contributed by atoms with E-state index in [-0.39, 0.29) is 12.2 Å². The molecule has 1 heterocycles. The van der Waals surface area contributed by atoms with Crippen LogP contribution in [0.25, 0.3) is 11.0 Å². The van der Waals surface area contributed by atoms with E-state index in [2.05, 4.69) is 15.3 Å². The van der Waals surface area contributed by atoms with E-state index in [1.807, 2.05) is 0 Å². The third kappa shape index (κ3) is 3.89. The molecule has 114 valence electrons. The number of aromatic amines is 1. The molecule has 0 aliphatic rings. The van der Waals surface area contributed by atoms with Crippen molar-refractivity contribution in [1.82, 2.24) is 9.97 Å². The molecule has 0 saturated carbocycles. The zero-order valence-corrected chi connectivity index (χ0v) is 11.9. The van der Waals surface area contributed by atoms with Crippen LogP contribution in [-0.2, 0) is 4.74 Å². The average Bonchev–Trinajstić information content (AvgIpc) is 2.85. The number of hydrogen-bond donors (Lipinski definition) is 3. The summed E-state index contributed by atoms with van der Waals surface area (Å²) in [5, 5.41) is 23.8. The van der Waals surface area contributed by atoms with Gasteiger partial charge < -0.3 is 20.1 Å². The van der Waals surface area contributed by atoms with Crippen molar-refractivity contribution in [3.05, 3.63) is 28.3 Å². The van der Waals surface area contributed by atoms with Gasteiger partial charge in [0, 0.05) is 38.8 Å². The second-order valence-corrected chi connectivity index (χ2v) is 5.14. The fraction of sp³-hybridized carbons (Fsp3) is 0.462. The molecule has 0 radical (unpaired) electrons. The van der Waals surface area contributed by atoms with E-state index in [1.54, 1.807) is 20.1 Å². The van der Waals surface area contributed by atoms with Crippen molar-refractivity contribution < 1.29 is 14.8 Å². The van der Waals surface area contributed by atoms with E-state index in [9.17, 15) is 15.2 Å². The van der Waals surface area contributed by atoms with Gasteiger partial charge in [-0.15, -0.1) is 0 Å². The summed E-state index contributed by atoms with van der Waals surface area (Å²) < 4.78 is 4.94. The number of benzene rings is 1. The number of nitrogens with zero attached hydrogens (tertiary/aromatic N) is 2. The smallest absolute Gasteiger partial charge is 0.271 e. The van der Waals surface area contributed by atoms with Crippen LogP contribution >= 0.6 is 0 Å². The summed E-state index contributed by atoms with van der Waals surface area (Å²) in [6.45, 7) is 2.45. The lowest BCUT2D eigenvalue weighted by molar-refractivity contribution is -0.384. The Hall–Kier alpha value is -2.19. The Kier molecular flexibility index (Phi) is 4.39. The van der Waals surface area contributed by atoms with Crippen molar-refractivity contribution in [1.29, 1.82) is 0 Å². The number of nitro groups is 1. The molecule has 1 atom stereocenters. The van der Waals surface area contributed by atoms with Crippen LogP contribution < -0.4 is 5.32 Å². The van der Waals surface area contributed by atoms with Gasteiger partial charge in [-0.05, 0) is 13.0 Å². The summed E-state index contributed by atoms with van der Waals surface area (Å²) in [7, 11) is 1.58. The number of non-ortho nitro benzene ring substituents is 1. The lowest BCUT2D eigenvalue weighted by Gasteiger charge is -2.22. The molecule has 0 amide bonds. The number of aliphatic hydroxyl groups is 1. The van der Waals surface area contributed by atoms with Crippen LogP contribution in [0.2, 0.25) is 0 Å². The van der Waals surface area contributed by atoms with Gasteiger partial charge in [-0.2, -0.15) is 0 Å². The number of hydrogen-bond acceptors (Lipinski definition) is 6. The van der Waals surface area contributed by atoms with Gasteiger partial charge in [-0.25, -0.2) is 4.98 Å². The molecule has 1 aromatic carbocycles. The number of nitrogens with one attached hydrogen (secondary N) is 2. The Morgan fingerprint density at radius 2 is 2.33 bits per heavy atom. The van der Waals surface area contributed by atoms with Gasteiger partial charge >= 0.3 is 0 Å². The highest BCUT2D eigenvalue weighted by atomic mass is 16.6. The molecule has 2 aromatic rings. The minimum absolute atomic E-state index is 0.00444. The van der Waals surface area contributed by atoms with Crippen molar-refractivity contribution in [2.24, 2.45) is 0 Å². The number of fused-ring (bicyclic) bond motifs is 1. The van der Waals surface area contributed by atoms with Crippen LogP contribution in [0.4, 0.5) is 11.6 Å². The zero-order chi connectivity index (χ0) is 15.5. The Morgan fingerprint density at radius 1 is 1.57 bits per heavy atom. The predicted octanol–water partition coefficient (Wildman–Crippen LogP) is 1.67. The molecular formula is C13H18N4O4. The fourth-order valence-electron chi connectivity index (χ4n) is 1.88. The molecule has 1 unspecified atom stereocenters. The molecule has 3 N–H and O–H groups in total. The van der Waals surface area contributed by atoms with Crippen molar-refractivity contribution in [3.63, 3.8) is 0 Å². The molecule has 1 aromatic heterocycles. The molecule has 0 spiro atoms. The number of aromatic nitrogens is 2. The molecule has 0 saturated heterocycles. The maximum absolute atomic E-state index is 10.7. The Balaban J connectivity index is 2.07. The van der Waals surface area contributed by atoms with Crippen LogP contribution in [-0.4, -0.2) is 45.9 Å². The molecular weight excluding hydrogens is 276 g/mol. The molecule has 8 nitrogen and oxygen atoms in total. The first kappa shape index (κ1) is 15.2. The monoisotopic (exact) mass is 294 g/mol. The number of nitro benzene ring substituents is 1. The van der Waals surface area contributed by atoms with Crippen molar-refractivity contribution in [2.45, 2.75) is 18.9 Å². The van der Waals surface area contributed by atoms with Gasteiger partial charge in [-0.1, -0.05) is 0 Å². The summed E-state index contributed by atoms with van der Waals surface area (Å²) >= 11 is 0. The van der Waals surface area contributed by atoms with Crippen LogP contribution in [0.5, 0.6) is 0 Å². The van der Waals surface area contributed by atoms with Crippen molar-refractivity contribution in [2.75, 3.05) is 25.6 Å². The molecule has 0 fully saturated rings. The van der Waals surface area contributed by atoms with Crippen LogP contribution in [0.3, 0.4) is 0 Å². The molecule has 0 aliphatic carbocycles. The van der Waals surface area contributed by atoms with Crippen molar-refractivity contribution >= 4 is 22.7 Å². The highest BCUT2D eigenvalue weighted by Gasteiger charge is 2.20. The largest absolute Gasteiger partial charge is 0.388 e. The van der Waals surface area contributed by atoms with E-state index < -0.39 is 10.5 Å². The van der Waals surface area contributed by atoms with Gasteiger partial charge in [0.25, 0.3) is 5.69 Å². The highest BCUT2D eigenvalue weighted by Crippen LogP contribution is 2.21. The molecule has 21 heavy (non-hydrogen) atoms. The number of rotatable bonds is 7. The van der Waals surface area contributed by atoms with Gasteiger partial charge in [0.2, 0.25) is 5.95 Å². The third-order valence-corrected chi connectivity index (χ3v) is 3.16. The normalized spacial score (nSPS) is 14.0. The Bertz CT molecular complexity index is 638. The predicted molar refractivity (Wildman–Crippen MR) is 78.4 cm³/mol. The summed E-state index contributed by atoms with van der Waals surface area (Å²) in [5.41, 5.74) is 0.272. The first-order valence-electron chi connectivity index (χ1n) is 6.51. The SMILES string of the molecule is COCCC(C)(O)CNc1nc2ccc([N+](=O)[O-])cc2[nH]1. The number of ether oxygens (including phenoxy) is 1. The standard InChI is InChI=1S/C13H18N4O4/c1-13(18,5-6-21-2)8-14-12-15-10-4-3-9(17(19)20)7-11(10)16-12/h3-4,7,18H,5-6,8H2,1-2H3,(H2,14,15,16). The van der Waals surface area contributed by atoms with Crippen molar-refractivity contribution in [3.8, 4) is 0 Å². The molecule has 0 bridgehead atoms. The fourth-order valence-corrected chi connectivity index (χ4v) is 1.88. The van der Waals surface area contributed by atoms with E-state index in [0.29, 0.717) is 30.0 Å². The third-order valence-electron chi connectivity index (χ3n) is 3.16. The lowest BCUT2D eigenvalue weighted by Crippen LogP contribution is -2.34. The highest BCUT2D eigenvalue weighted by molar-refractivity contribution is 5.79. The zero-order valence-electron chi connectivity index (χ0n) is 11.9. The minimum atomic E-state index is -0.930. The van der Waals surface area contributed by atoms with Crippen LogP contribution in [0.15, 0.2) is 18.2 Å². The van der Waals surface area contributed by atoms with Crippen LogP contribution in [0.1, 0.15) is 13.3 Å². The summed E-state index contributed by atoms with van der Waals surface area (Å²) in [4.78, 5) is 17.5. The number of H-pyrrole nitrogens is 1. The summed E-state index contributed by atoms with van der Waals surface area (Å²) in [5.74, 6) is 0.461. The van der Waals surface area contributed by atoms with E-state index in [0.717, 1.165) is 0 Å². The second-order valence-electron chi connectivity index (χ2n) is 5.14. The number of anilines is 1. The minimum Gasteiger partial charge on any atom is -0.388 e. The summed E-state index contributed by atoms with van der Waals surface area (Å²) in [6.07, 6.45) is 0.488. The maximum atomic E-state index is 10.7. The molecule has 8 heteroatoms. The number of methoxy groups -OCH3 is 1. The first-order valence-corrected chi connectivity index (χ1v) is 6.51. The van der Waals surface area contributed by atoms with E-state index in [4.69, 9.17) is 4.74 Å². The Morgan fingerprint density at radius 3 is 3.00 bits per heavy atom. The first-order chi connectivity index (χ1) is 9.91. The maximum Gasteiger partial charge on any atom is 0.271 e. The Labute approximate surface area is 121 Å². The topological polar surface area (TPSA) is 113 Å². The second kappa shape index (κ2) is 6.06. The lowest BCUT2D eigenvalue weighted by atomic mass is 10.0. The van der Waals surface area contributed by atoms with E-state index in [1.165, 1.54) is 12.1 Å². The van der Waals surface area contributed by atoms with Gasteiger partial charge in [0.15, 0.2) is 0 Å². The molecule has 0 aliphatic heterocycles.